The Kier molecular flexibility index (Phi) is 2.52. The summed E-state index contributed by atoms with van der Waals surface area (Å²) in [5, 5.41) is 0. The van der Waals surface area contributed by atoms with E-state index >= 15 is 0 Å². The van der Waals surface area contributed by atoms with Crippen LogP contribution in [-0.4, -0.2) is 0 Å². The molecular formula is C11H14FN. The molecule has 0 aromatic heterocycles. The second kappa shape index (κ2) is 3.30. The largest absolute Gasteiger partial charge is 0.318 e. The van der Waals surface area contributed by atoms with Crippen molar-refractivity contribution in [1.82, 2.24) is 0 Å². The lowest BCUT2D eigenvalue weighted by molar-refractivity contribution is 0.543. The Morgan fingerprint density at radius 2 is 2.15 bits per heavy atom. The van der Waals surface area contributed by atoms with Crippen LogP contribution in [0.15, 0.2) is 30.9 Å². The molecule has 0 fully saturated rings. The van der Waals surface area contributed by atoms with Crippen LogP contribution in [0.1, 0.15) is 18.1 Å². The van der Waals surface area contributed by atoms with Gasteiger partial charge in [-0.15, -0.1) is 6.58 Å². The minimum atomic E-state index is -0.796. The number of halogens is 1. The van der Waals surface area contributed by atoms with E-state index in [1.165, 1.54) is 6.07 Å². The second-order valence-electron chi connectivity index (χ2n) is 3.47. The molecule has 0 unspecified atom stereocenters. The van der Waals surface area contributed by atoms with Gasteiger partial charge in [0.1, 0.15) is 5.82 Å². The highest BCUT2D eigenvalue weighted by Crippen LogP contribution is 2.22. The molecule has 0 aliphatic rings. The lowest BCUT2D eigenvalue weighted by Gasteiger charge is -2.21. The van der Waals surface area contributed by atoms with Crippen molar-refractivity contribution < 1.29 is 4.39 Å². The first-order chi connectivity index (χ1) is 5.97. The first-order valence-electron chi connectivity index (χ1n) is 4.16. The minimum Gasteiger partial charge on any atom is -0.318 e. The highest BCUT2D eigenvalue weighted by atomic mass is 19.1. The van der Waals surface area contributed by atoms with Gasteiger partial charge in [-0.3, -0.25) is 0 Å². The summed E-state index contributed by atoms with van der Waals surface area (Å²) in [5.74, 6) is -0.282. The summed E-state index contributed by atoms with van der Waals surface area (Å²) in [5.41, 5.74) is 6.54. The molecule has 0 saturated heterocycles. The van der Waals surface area contributed by atoms with Crippen LogP contribution in [0, 0.1) is 12.7 Å². The Hall–Kier alpha value is -1.15. The number of hydrogen-bond acceptors (Lipinski definition) is 1. The van der Waals surface area contributed by atoms with Crippen molar-refractivity contribution in [2.75, 3.05) is 0 Å². The first-order valence-corrected chi connectivity index (χ1v) is 4.16. The highest BCUT2D eigenvalue weighted by molar-refractivity contribution is 5.32. The average Bonchev–Trinajstić information content (AvgIpc) is 2.09. The molecule has 1 atom stereocenters. The van der Waals surface area contributed by atoms with Crippen molar-refractivity contribution in [3.8, 4) is 0 Å². The molecule has 0 heterocycles. The van der Waals surface area contributed by atoms with Crippen molar-refractivity contribution in [1.29, 1.82) is 0 Å². The lowest BCUT2D eigenvalue weighted by atomic mass is 9.92. The topological polar surface area (TPSA) is 26.0 Å². The van der Waals surface area contributed by atoms with Crippen LogP contribution in [0.5, 0.6) is 0 Å². The lowest BCUT2D eigenvalue weighted by Crippen LogP contribution is -2.31. The van der Waals surface area contributed by atoms with E-state index in [-0.39, 0.29) is 5.82 Å². The SMILES string of the molecule is C=C[C@@](C)(N)c1cc(C)ccc1F. The normalized spacial score (nSPS) is 15.1. The molecule has 2 heteroatoms. The van der Waals surface area contributed by atoms with Crippen LogP contribution in [0.25, 0.3) is 0 Å². The van der Waals surface area contributed by atoms with Gasteiger partial charge >= 0.3 is 0 Å². The van der Waals surface area contributed by atoms with Crippen LogP contribution in [0.3, 0.4) is 0 Å². The van der Waals surface area contributed by atoms with Crippen molar-refractivity contribution in [2.45, 2.75) is 19.4 Å². The van der Waals surface area contributed by atoms with E-state index < -0.39 is 5.54 Å². The van der Waals surface area contributed by atoms with Gasteiger partial charge in [0.2, 0.25) is 0 Å². The van der Waals surface area contributed by atoms with Crippen LogP contribution in [0.4, 0.5) is 4.39 Å². The molecule has 1 nitrogen and oxygen atoms in total. The Balaban J connectivity index is 3.28. The van der Waals surface area contributed by atoms with Gasteiger partial charge in [-0.1, -0.05) is 23.8 Å². The molecule has 13 heavy (non-hydrogen) atoms. The molecular weight excluding hydrogens is 165 g/mol. The standard InChI is InChI=1S/C11H14FN/c1-4-11(3,13)9-7-8(2)5-6-10(9)12/h4-7H,1,13H2,2-3H3/t11-/m1/s1. The summed E-state index contributed by atoms with van der Waals surface area (Å²) in [4.78, 5) is 0. The Morgan fingerprint density at radius 1 is 1.54 bits per heavy atom. The van der Waals surface area contributed by atoms with Crippen molar-refractivity contribution >= 4 is 0 Å². The van der Waals surface area contributed by atoms with E-state index in [4.69, 9.17) is 5.73 Å². The summed E-state index contributed by atoms with van der Waals surface area (Å²) < 4.78 is 13.3. The molecule has 0 amide bonds. The average molecular weight is 179 g/mol. The number of aryl methyl sites for hydroxylation is 1. The first kappa shape index (κ1) is 9.93. The molecule has 0 bridgehead atoms. The van der Waals surface area contributed by atoms with E-state index in [2.05, 4.69) is 6.58 Å². The highest BCUT2D eigenvalue weighted by Gasteiger charge is 2.20. The van der Waals surface area contributed by atoms with Crippen LogP contribution in [0.2, 0.25) is 0 Å². The minimum absolute atomic E-state index is 0.282. The maximum absolute atomic E-state index is 13.3. The Morgan fingerprint density at radius 3 is 2.69 bits per heavy atom. The van der Waals surface area contributed by atoms with Gasteiger partial charge in [0, 0.05) is 5.56 Å². The van der Waals surface area contributed by atoms with Gasteiger partial charge in [-0.25, -0.2) is 4.39 Å². The van der Waals surface area contributed by atoms with Crippen molar-refractivity contribution in [2.24, 2.45) is 5.73 Å². The summed E-state index contributed by atoms with van der Waals surface area (Å²) in [6.45, 7) is 7.23. The summed E-state index contributed by atoms with van der Waals surface area (Å²) in [7, 11) is 0. The van der Waals surface area contributed by atoms with E-state index in [0.717, 1.165) is 5.56 Å². The Labute approximate surface area is 78.1 Å². The van der Waals surface area contributed by atoms with Gasteiger partial charge in [-0.05, 0) is 19.9 Å². The third-order valence-electron chi connectivity index (χ3n) is 2.13. The maximum Gasteiger partial charge on any atom is 0.128 e. The fourth-order valence-electron chi connectivity index (χ4n) is 1.16. The van der Waals surface area contributed by atoms with Gasteiger partial charge in [0.25, 0.3) is 0 Å². The number of nitrogens with two attached hydrogens (primary N) is 1. The zero-order valence-corrected chi connectivity index (χ0v) is 7.97. The van der Waals surface area contributed by atoms with Crippen LogP contribution < -0.4 is 5.73 Å². The fraction of sp³-hybridized carbons (Fsp3) is 0.273. The number of hydrogen-bond donors (Lipinski definition) is 1. The number of rotatable bonds is 2. The predicted molar refractivity (Wildman–Crippen MR) is 52.9 cm³/mol. The molecule has 2 N–H and O–H groups in total. The van der Waals surface area contributed by atoms with E-state index in [0.29, 0.717) is 5.56 Å². The molecule has 70 valence electrons. The van der Waals surface area contributed by atoms with Crippen LogP contribution in [-0.2, 0) is 5.54 Å². The molecule has 1 aromatic rings. The van der Waals surface area contributed by atoms with E-state index in [1.807, 2.05) is 6.92 Å². The molecule has 0 saturated carbocycles. The predicted octanol–water partition coefficient (Wildman–Crippen LogP) is 2.49. The zero-order valence-electron chi connectivity index (χ0n) is 7.97. The molecule has 1 aromatic carbocycles. The maximum atomic E-state index is 13.3. The zero-order chi connectivity index (χ0) is 10.1. The van der Waals surface area contributed by atoms with Crippen molar-refractivity contribution in [3.63, 3.8) is 0 Å². The Bertz CT molecular complexity index is 329. The molecule has 0 aliphatic carbocycles. The quantitative estimate of drug-likeness (QED) is 0.693. The number of benzene rings is 1. The van der Waals surface area contributed by atoms with Crippen molar-refractivity contribution in [3.05, 3.63) is 47.8 Å². The van der Waals surface area contributed by atoms with Gasteiger partial charge in [0.15, 0.2) is 0 Å². The van der Waals surface area contributed by atoms with Crippen LogP contribution >= 0.6 is 0 Å². The smallest absolute Gasteiger partial charge is 0.128 e. The molecule has 0 spiro atoms. The van der Waals surface area contributed by atoms with E-state index in [1.54, 1.807) is 25.1 Å². The molecule has 0 radical (unpaired) electrons. The van der Waals surface area contributed by atoms with E-state index in [9.17, 15) is 4.39 Å². The molecule has 0 aliphatic heterocycles. The van der Waals surface area contributed by atoms with Gasteiger partial charge < -0.3 is 5.73 Å². The van der Waals surface area contributed by atoms with Gasteiger partial charge in [-0.2, -0.15) is 0 Å². The fourth-order valence-corrected chi connectivity index (χ4v) is 1.16. The summed E-state index contributed by atoms with van der Waals surface area (Å²) >= 11 is 0. The van der Waals surface area contributed by atoms with Gasteiger partial charge in [0.05, 0.1) is 5.54 Å². The third kappa shape index (κ3) is 1.95. The summed E-state index contributed by atoms with van der Waals surface area (Å²) in [6.07, 6.45) is 1.55. The second-order valence-corrected chi connectivity index (χ2v) is 3.47. The third-order valence-corrected chi connectivity index (χ3v) is 2.13. The monoisotopic (exact) mass is 179 g/mol. The summed E-state index contributed by atoms with van der Waals surface area (Å²) in [6, 6.07) is 4.90. The molecule has 1 rings (SSSR count).